The van der Waals surface area contributed by atoms with Gasteiger partial charge in [0.25, 0.3) is 0 Å². The van der Waals surface area contributed by atoms with Gasteiger partial charge < -0.3 is 8.92 Å². The van der Waals surface area contributed by atoms with E-state index in [1.807, 2.05) is 0 Å². The molecular formula is C6H12Na2O7S. The number of ether oxygens (including phenoxy) is 1. The van der Waals surface area contributed by atoms with Gasteiger partial charge in [-0.2, -0.15) is 8.42 Å². The first kappa shape index (κ1) is 22.1. The van der Waals surface area contributed by atoms with Crippen molar-refractivity contribution in [2.24, 2.45) is 0 Å². The Kier molecular flexibility index (Phi) is 15.1. The summed E-state index contributed by atoms with van der Waals surface area (Å²) in [6, 6.07) is 0. The van der Waals surface area contributed by atoms with E-state index in [-0.39, 0.29) is 72.1 Å². The molecule has 0 aliphatic carbocycles. The molecule has 1 N–H and O–H groups in total. The van der Waals surface area contributed by atoms with Crippen molar-refractivity contribution < 1.29 is 31.5 Å². The van der Waals surface area contributed by atoms with Crippen LogP contribution in [-0.2, 0) is 28.9 Å². The van der Waals surface area contributed by atoms with Crippen LogP contribution in [0.3, 0.4) is 0 Å². The molecule has 16 heavy (non-hydrogen) atoms. The number of hydrogen-bond acceptors (Lipinski definition) is 6. The van der Waals surface area contributed by atoms with E-state index in [0.717, 1.165) is 0 Å². The monoisotopic (exact) mass is 274 g/mol. The molecule has 0 fully saturated rings. The van der Waals surface area contributed by atoms with E-state index in [1.54, 1.807) is 6.92 Å². The molecule has 0 bridgehead atoms. The second-order valence-corrected chi connectivity index (χ2v) is 3.21. The summed E-state index contributed by atoms with van der Waals surface area (Å²) in [6.45, 7) is 1.76. The predicted octanol–water partition coefficient (Wildman–Crippen LogP) is -1.62. The van der Waals surface area contributed by atoms with Crippen LogP contribution in [0.4, 0.5) is 0 Å². The molecule has 0 aliphatic rings. The second kappa shape index (κ2) is 11.0. The minimum absolute atomic E-state index is 0. The van der Waals surface area contributed by atoms with E-state index in [9.17, 15) is 18.0 Å². The average Bonchev–Trinajstić information content (AvgIpc) is 1.98. The number of carbonyl (C=O) groups is 2. The molecule has 0 unspecified atom stereocenters. The van der Waals surface area contributed by atoms with E-state index < -0.39 is 28.8 Å². The van der Waals surface area contributed by atoms with Crippen LogP contribution < -0.4 is 0 Å². The summed E-state index contributed by atoms with van der Waals surface area (Å²) in [5, 5.41) is 0. The number of rotatable bonds is 5. The van der Waals surface area contributed by atoms with Gasteiger partial charge >= 0.3 is 81.5 Å². The van der Waals surface area contributed by atoms with Gasteiger partial charge in [0, 0.05) is 0 Å². The first-order chi connectivity index (χ1) is 6.35. The average molecular weight is 274 g/mol. The standard InChI is InChI=1S/C6H10O7S.2Na.2H/c1-2-12-5(7)3-4-6(8)13-14(9,10)11;;;;/h2-4H2,1H3,(H,9,10,11);;;;. The van der Waals surface area contributed by atoms with Gasteiger partial charge in [-0.25, -0.2) is 0 Å². The van der Waals surface area contributed by atoms with Crippen LogP contribution in [-0.4, -0.2) is 90.6 Å². The molecule has 0 amide bonds. The van der Waals surface area contributed by atoms with Crippen LogP contribution in [0.15, 0.2) is 0 Å². The first-order valence-corrected chi connectivity index (χ1v) is 5.07. The molecular weight excluding hydrogens is 262 g/mol. The van der Waals surface area contributed by atoms with E-state index in [2.05, 4.69) is 8.92 Å². The summed E-state index contributed by atoms with van der Waals surface area (Å²) in [5.74, 6) is -1.85. The topological polar surface area (TPSA) is 107 Å². The molecule has 10 heteroatoms. The van der Waals surface area contributed by atoms with Crippen molar-refractivity contribution in [3.8, 4) is 0 Å². The Labute approximate surface area is 138 Å². The Bertz CT molecular complexity index is 313. The molecule has 0 saturated heterocycles. The Morgan fingerprint density at radius 3 is 1.94 bits per heavy atom. The fourth-order valence-electron chi connectivity index (χ4n) is 0.596. The zero-order valence-electron chi connectivity index (χ0n) is 7.43. The predicted molar refractivity (Wildman–Crippen MR) is 57.8 cm³/mol. The molecule has 0 radical (unpaired) electrons. The van der Waals surface area contributed by atoms with Gasteiger partial charge in [-0.05, 0) is 6.92 Å². The van der Waals surface area contributed by atoms with Crippen LogP contribution >= 0.6 is 0 Å². The summed E-state index contributed by atoms with van der Waals surface area (Å²) in [6.07, 6.45) is -0.749. The van der Waals surface area contributed by atoms with Gasteiger partial charge in [0.15, 0.2) is 0 Å². The van der Waals surface area contributed by atoms with Crippen molar-refractivity contribution >= 4 is 81.5 Å². The summed E-state index contributed by atoms with van der Waals surface area (Å²) in [5.41, 5.74) is 0. The maximum atomic E-state index is 10.7. The third-order valence-electron chi connectivity index (χ3n) is 1.04. The van der Waals surface area contributed by atoms with Crippen LogP contribution in [0.5, 0.6) is 0 Å². The number of carbonyl (C=O) groups excluding carboxylic acids is 2. The van der Waals surface area contributed by atoms with Crippen LogP contribution in [0.2, 0.25) is 0 Å². The van der Waals surface area contributed by atoms with Gasteiger partial charge in [-0.1, -0.05) is 0 Å². The van der Waals surface area contributed by atoms with E-state index >= 15 is 0 Å². The van der Waals surface area contributed by atoms with Gasteiger partial charge in [-0.15, -0.1) is 0 Å². The molecule has 0 heterocycles. The van der Waals surface area contributed by atoms with Crippen LogP contribution in [0, 0.1) is 0 Å². The SMILES string of the molecule is CCOC(=O)CCC(=O)OS(=O)(=O)O.[NaH].[NaH]. The minimum atomic E-state index is -4.79. The first-order valence-electron chi connectivity index (χ1n) is 3.70. The van der Waals surface area contributed by atoms with Crippen molar-refractivity contribution in [3.05, 3.63) is 0 Å². The van der Waals surface area contributed by atoms with E-state index in [1.165, 1.54) is 0 Å². The quantitative estimate of drug-likeness (QED) is 0.364. The fourth-order valence-corrected chi connectivity index (χ4v) is 0.915. The fraction of sp³-hybridized carbons (Fsp3) is 0.667. The second-order valence-electron chi connectivity index (χ2n) is 2.19. The van der Waals surface area contributed by atoms with Gasteiger partial charge in [0.2, 0.25) is 0 Å². The van der Waals surface area contributed by atoms with Crippen molar-refractivity contribution in [3.63, 3.8) is 0 Å². The number of esters is 1. The van der Waals surface area contributed by atoms with Gasteiger partial charge in [0.1, 0.15) is 0 Å². The molecule has 86 valence electrons. The van der Waals surface area contributed by atoms with Gasteiger partial charge in [-0.3, -0.25) is 14.1 Å². The van der Waals surface area contributed by atoms with Crippen molar-refractivity contribution in [2.45, 2.75) is 19.8 Å². The van der Waals surface area contributed by atoms with Crippen molar-refractivity contribution in [1.82, 2.24) is 0 Å². The summed E-state index contributed by atoms with van der Waals surface area (Å²) in [4.78, 5) is 21.3. The molecule has 0 aliphatic heterocycles. The Morgan fingerprint density at radius 1 is 1.12 bits per heavy atom. The van der Waals surface area contributed by atoms with Crippen molar-refractivity contribution in [2.75, 3.05) is 6.61 Å². The molecule has 0 atom stereocenters. The summed E-state index contributed by atoms with van der Waals surface area (Å²) >= 11 is 0. The van der Waals surface area contributed by atoms with Crippen molar-refractivity contribution in [1.29, 1.82) is 0 Å². The van der Waals surface area contributed by atoms with E-state index in [0.29, 0.717) is 0 Å². The normalized spacial score (nSPS) is 9.38. The summed E-state index contributed by atoms with van der Waals surface area (Å²) < 4.78 is 36.1. The Hall–Kier alpha value is 0.850. The van der Waals surface area contributed by atoms with Gasteiger partial charge in [0.05, 0.1) is 19.4 Å². The zero-order chi connectivity index (χ0) is 11.2. The molecule has 0 rings (SSSR count). The van der Waals surface area contributed by atoms with Crippen LogP contribution in [0.25, 0.3) is 0 Å². The number of hydrogen-bond donors (Lipinski definition) is 1. The molecule has 0 aromatic rings. The molecule has 0 spiro atoms. The third kappa shape index (κ3) is 14.9. The maximum absolute atomic E-state index is 10.7. The Morgan fingerprint density at radius 2 is 1.56 bits per heavy atom. The third-order valence-corrected chi connectivity index (χ3v) is 1.43. The zero-order valence-corrected chi connectivity index (χ0v) is 8.24. The Balaban J connectivity index is -0.000000845. The molecule has 0 aromatic heterocycles. The molecule has 0 saturated carbocycles. The van der Waals surface area contributed by atoms with Crippen LogP contribution in [0.1, 0.15) is 19.8 Å². The van der Waals surface area contributed by atoms with E-state index in [4.69, 9.17) is 4.55 Å². The molecule has 0 aromatic carbocycles. The summed E-state index contributed by atoms with van der Waals surface area (Å²) in [7, 11) is -4.79. The molecule has 7 nitrogen and oxygen atoms in total.